The van der Waals surface area contributed by atoms with Gasteiger partial charge in [0.2, 0.25) is 0 Å². The summed E-state index contributed by atoms with van der Waals surface area (Å²) >= 11 is 0. The first kappa shape index (κ1) is 48.1. The van der Waals surface area contributed by atoms with Gasteiger partial charge in [0, 0.05) is 50.9 Å². The van der Waals surface area contributed by atoms with Crippen molar-refractivity contribution in [3.63, 3.8) is 0 Å². The molecule has 0 fully saturated rings. The molecular weight excluding hydrogens is 805 g/mol. The third kappa shape index (κ3) is 13.1. The fraction of sp³-hybridized carbons (Fsp3) is 0.400. The quantitative estimate of drug-likeness (QED) is 0.0602. The minimum absolute atomic E-state index is 0.825. The maximum absolute atomic E-state index is 5.06. The minimum atomic E-state index is 0.825. The molecule has 0 saturated carbocycles. The van der Waals surface area contributed by atoms with E-state index in [1.807, 2.05) is 0 Å². The Kier molecular flexibility index (Phi) is 17.9. The summed E-state index contributed by atoms with van der Waals surface area (Å²) in [6.07, 6.45) is 19.6. The molecule has 0 aliphatic rings. The molecule has 0 aliphatic carbocycles. The Morgan fingerprint density at radius 1 is 0.227 bits per heavy atom. The molecule has 0 radical (unpaired) electrons. The summed E-state index contributed by atoms with van der Waals surface area (Å²) < 4.78 is 0. The normalized spacial score (nSPS) is 11.4. The van der Waals surface area contributed by atoms with Gasteiger partial charge in [-0.25, -0.2) is 29.9 Å². The Morgan fingerprint density at radius 3 is 0.591 bits per heavy atom. The summed E-state index contributed by atoms with van der Waals surface area (Å²) in [4.78, 5) is 30.4. The lowest BCUT2D eigenvalue weighted by molar-refractivity contribution is 0.750. The number of aryl methyl sites for hydroxylation is 6. The fourth-order valence-electron chi connectivity index (χ4n) is 8.53. The molecule has 0 N–H and O–H groups in total. The van der Waals surface area contributed by atoms with Crippen LogP contribution in [0.4, 0.5) is 0 Å². The molecule has 6 nitrogen and oxygen atoms in total. The largest absolute Gasteiger partial charge is 0.233 e. The van der Waals surface area contributed by atoms with Gasteiger partial charge in [-0.1, -0.05) is 153 Å². The molecule has 0 aliphatic heterocycles. The first-order chi connectivity index (χ1) is 32.4. The minimum Gasteiger partial charge on any atom is -0.233 e. The Morgan fingerprint density at radius 2 is 0.409 bits per heavy atom. The van der Waals surface area contributed by atoms with Crippen LogP contribution in [-0.2, 0) is 38.5 Å². The molecule has 0 spiro atoms. The predicted molar refractivity (Wildman–Crippen MR) is 277 cm³/mol. The van der Waals surface area contributed by atoms with Crippen molar-refractivity contribution in [1.82, 2.24) is 29.9 Å². The van der Waals surface area contributed by atoms with Crippen molar-refractivity contribution in [2.75, 3.05) is 0 Å². The second-order valence-electron chi connectivity index (χ2n) is 18.2. The van der Waals surface area contributed by atoms with E-state index in [2.05, 4.69) is 151 Å². The van der Waals surface area contributed by atoms with Gasteiger partial charge in [-0.15, -0.1) is 0 Å². The zero-order valence-corrected chi connectivity index (χ0v) is 40.8. The molecule has 3 aromatic heterocycles. The van der Waals surface area contributed by atoms with Crippen molar-refractivity contribution < 1.29 is 0 Å². The van der Waals surface area contributed by atoms with Crippen molar-refractivity contribution in [2.24, 2.45) is 0 Å². The molecule has 7 aromatic rings. The molecule has 0 saturated heterocycles. The Labute approximate surface area is 396 Å². The Bertz CT molecular complexity index is 2220. The molecule has 342 valence electrons. The summed E-state index contributed by atoms with van der Waals surface area (Å²) in [5, 5.41) is 0. The van der Waals surface area contributed by atoms with Gasteiger partial charge in [-0.3, -0.25) is 0 Å². The number of rotatable bonds is 24. The highest BCUT2D eigenvalue weighted by atomic mass is 14.9. The Hall–Kier alpha value is -5.88. The van der Waals surface area contributed by atoms with E-state index >= 15 is 0 Å². The lowest BCUT2D eigenvalue weighted by Crippen LogP contribution is -2.01. The van der Waals surface area contributed by atoms with Gasteiger partial charge in [0.15, 0.2) is 17.5 Å². The fourth-order valence-corrected chi connectivity index (χ4v) is 8.53. The van der Waals surface area contributed by atoms with Crippen LogP contribution in [-0.4, -0.2) is 29.9 Å². The van der Waals surface area contributed by atoms with Gasteiger partial charge in [-0.05, 0) is 147 Å². The molecule has 3 heterocycles. The van der Waals surface area contributed by atoms with Crippen LogP contribution in [0.25, 0.3) is 67.5 Å². The maximum Gasteiger partial charge on any atom is 0.159 e. The smallest absolute Gasteiger partial charge is 0.159 e. The number of unbranched alkanes of at least 4 members (excludes halogenated alkanes) is 6. The number of benzene rings is 4. The molecule has 66 heavy (non-hydrogen) atoms. The average Bonchev–Trinajstić information content (AvgIpc) is 3.37. The van der Waals surface area contributed by atoms with Crippen LogP contribution in [0.5, 0.6) is 0 Å². The summed E-state index contributed by atoms with van der Waals surface area (Å²) in [5.41, 5.74) is 16.9. The predicted octanol–water partition coefficient (Wildman–Crippen LogP) is 16.1. The van der Waals surface area contributed by atoms with E-state index in [4.69, 9.17) is 29.9 Å². The number of hydrogen-bond donors (Lipinski definition) is 0. The maximum atomic E-state index is 5.06. The van der Waals surface area contributed by atoms with E-state index in [0.717, 1.165) is 217 Å². The molecule has 7 rings (SSSR count). The molecule has 0 amide bonds. The first-order valence-corrected chi connectivity index (χ1v) is 25.5. The van der Waals surface area contributed by atoms with E-state index < -0.39 is 0 Å². The van der Waals surface area contributed by atoms with Crippen LogP contribution in [0.1, 0.15) is 153 Å². The van der Waals surface area contributed by atoms with Crippen LogP contribution >= 0.6 is 0 Å². The Balaban J connectivity index is 1.26. The first-order valence-electron chi connectivity index (χ1n) is 25.5. The zero-order valence-electron chi connectivity index (χ0n) is 40.8. The third-order valence-corrected chi connectivity index (χ3v) is 12.6. The van der Waals surface area contributed by atoms with Crippen LogP contribution in [0.3, 0.4) is 0 Å². The SMILES string of the molecule is CCCCc1cc(CCCC)nc(-c2ccc(-c3cc(-c4ccc(-c5nc(CCCC)cc(CCCC)n5)cc4)cc(-c4ccc(-c5nc(CCCC)cc(CCCC)n5)cc4)c3)cc2)n1. The second-order valence-corrected chi connectivity index (χ2v) is 18.2. The van der Waals surface area contributed by atoms with E-state index in [1.54, 1.807) is 0 Å². The highest BCUT2D eigenvalue weighted by Gasteiger charge is 2.14. The number of hydrogen-bond acceptors (Lipinski definition) is 6. The summed E-state index contributed by atoms with van der Waals surface area (Å²) in [6, 6.07) is 40.2. The van der Waals surface area contributed by atoms with Crippen molar-refractivity contribution >= 4 is 0 Å². The van der Waals surface area contributed by atoms with E-state index in [1.165, 1.54) is 0 Å². The van der Waals surface area contributed by atoms with Crippen LogP contribution in [0.2, 0.25) is 0 Å². The van der Waals surface area contributed by atoms with E-state index in [9.17, 15) is 0 Å². The van der Waals surface area contributed by atoms with Crippen molar-refractivity contribution in [3.05, 3.63) is 143 Å². The molecular formula is C60H72N6. The number of nitrogens with zero attached hydrogens (tertiary/aromatic N) is 6. The standard InChI is InChI=1S/C60H72N6/c1-7-13-19-52-40-53(20-14-8-2)62-58(61-52)46-31-25-43(26-32-46)49-37-50(44-27-33-47(34-28-44)59-63-54(21-15-9-3)41-55(64-59)22-16-10-4)39-51(38-49)45-29-35-48(36-30-45)60-65-56(23-17-11-5)42-57(66-60)24-18-12-6/h25-42H,7-24H2,1-6H3. The van der Waals surface area contributed by atoms with Crippen LogP contribution < -0.4 is 0 Å². The van der Waals surface area contributed by atoms with Crippen LogP contribution in [0, 0.1) is 0 Å². The summed E-state index contributed by atoms with van der Waals surface area (Å²) in [5.74, 6) is 2.47. The van der Waals surface area contributed by atoms with E-state index in [0.29, 0.717) is 0 Å². The van der Waals surface area contributed by atoms with E-state index in [-0.39, 0.29) is 0 Å². The lowest BCUT2D eigenvalue weighted by Gasteiger charge is -2.13. The molecule has 6 heteroatoms. The van der Waals surface area contributed by atoms with Gasteiger partial charge in [0.1, 0.15) is 0 Å². The molecule has 0 bridgehead atoms. The van der Waals surface area contributed by atoms with Gasteiger partial charge in [0.25, 0.3) is 0 Å². The molecule has 0 unspecified atom stereocenters. The highest BCUT2D eigenvalue weighted by molar-refractivity contribution is 5.83. The van der Waals surface area contributed by atoms with Gasteiger partial charge >= 0.3 is 0 Å². The van der Waals surface area contributed by atoms with Gasteiger partial charge < -0.3 is 0 Å². The van der Waals surface area contributed by atoms with Crippen molar-refractivity contribution in [1.29, 1.82) is 0 Å². The third-order valence-electron chi connectivity index (χ3n) is 12.6. The van der Waals surface area contributed by atoms with Gasteiger partial charge in [-0.2, -0.15) is 0 Å². The lowest BCUT2D eigenvalue weighted by atomic mass is 9.92. The second kappa shape index (κ2) is 24.6. The average molecular weight is 877 g/mol. The highest BCUT2D eigenvalue weighted by Crippen LogP contribution is 2.35. The summed E-state index contributed by atoms with van der Waals surface area (Å²) in [6.45, 7) is 13.4. The van der Waals surface area contributed by atoms with Crippen molar-refractivity contribution in [2.45, 2.75) is 157 Å². The topological polar surface area (TPSA) is 77.3 Å². The van der Waals surface area contributed by atoms with Crippen molar-refractivity contribution in [3.8, 4) is 67.5 Å². The summed E-state index contributed by atoms with van der Waals surface area (Å²) in [7, 11) is 0. The van der Waals surface area contributed by atoms with Gasteiger partial charge in [0.05, 0.1) is 0 Å². The zero-order chi connectivity index (χ0) is 46.1. The van der Waals surface area contributed by atoms with Crippen LogP contribution in [0.15, 0.2) is 109 Å². The molecule has 0 atom stereocenters. The molecule has 4 aromatic carbocycles. The monoisotopic (exact) mass is 877 g/mol. The number of aromatic nitrogens is 6.